The molecule has 20 heavy (non-hydrogen) atoms. The Bertz CT molecular complexity index is 506. The van der Waals surface area contributed by atoms with Gasteiger partial charge in [0.15, 0.2) is 0 Å². The van der Waals surface area contributed by atoms with Crippen LogP contribution in [-0.4, -0.2) is 23.5 Å². The molecule has 1 saturated carbocycles. The zero-order valence-corrected chi connectivity index (χ0v) is 10.5. The number of primary amides is 1. The Morgan fingerprint density at radius 2 is 1.65 bits per heavy atom. The summed E-state index contributed by atoms with van der Waals surface area (Å²) in [7, 11) is 0. The van der Waals surface area contributed by atoms with Crippen LogP contribution in [0.3, 0.4) is 0 Å². The molecule has 1 heterocycles. The maximum atomic E-state index is 13.8. The molecule has 0 bridgehead atoms. The van der Waals surface area contributed by atoms with Crippen molar-refractivity contribution < 1.29 is 22.4 Å². The van der Waals surface area contributed by atoms with E-state index in [0.29, 0.717) is 12.8 Å². The second-order valence-electron chi connectivity index (χ2n) is 4.70. The van der Waals surface area contributed by atoms with Crippen LogP contribution in [-0.2, 0) is 4.79 Å². The monoisotopic (exact) mass is 291 g/mol. The Balaban J connectivity index is 2.49. The van der Waals surface area contributed by atoms with Gasteiger partial charge in [-0.2, -0.15) is 22.5 Å². The Morgan fingerprint density at radius 3 is 2.10 bits per heavy atom. The fraction of sp³-hybridized carbons (Fsp3) is 0.500. The van der Waals surface area contributed by atoms with E-state index in [1.54, 1.807) is 0 Å². The number of nitrogens with zero attached hydrogens (tertiary/aromatic N) is 2. The lowest BCUT2D eigenvalue weighted by molar-refractivity contribution is -0.116. The third kappa shape index (κ3) is 2.68. The SMILES string of the molecule is NC(=O)CN(c1c(F)c(F)nc(F)c1F)C1CCCC1. The average Bonchev–Trinajstić information content (AvgIpc) is 2.88. The Morgan fingerprint density at radius 1 is 1.15 bits per heavy atom. The van der Waals surface area contributed by atoms with Gasteiger partial charge in [-0.1, -0.05) is 12.8 Å². The lowest BCUT2D eigenvalue weighted by atomic mass is 10.1. The van der Waals surface area contributed by atoms with E-state index in [9.17, 15) is 22.4 Å². The Kier molecular flexibility index (Phi) is 4.10. The van der Waals surface area contributed by atoms with Crippen LogP contribution >= 0.6 is 0 Å². The van der Waals surface area contributed by atoms with Crippen LogP contribution in [0.4, 0.5) is 23.2 Å². The van der Waals surface area contributed by atoms with Gasteiger partial charge in [-0.15, -0.1) is 0 Å². The number of carbonyl (C=O) groups excluding carboxylic acids is 1. The first-order chi connectivity index (χ1) is 9.41. The number of aromatic nitrogens is 1. The molecule has 2 N–H and O–H groups in total. The van der Waals surface area contributed by atoms with Gasteiger partial charge in [0.05, 0.1) is 6.54 Å². The van der Waals surface area contributed by atoms with Crippen molar-refractivity contribution in [3.8, 4) is 0 Å². The standard InChI is InChI=1S/C12H13F4N3O/c13-8-10(9(14)12(16)18-11(8)15)19(5-7(17)20)6-3-1-2-4-6/h6H,1-5H2,(H2,17,20). The van der Waals surface area contributed by atoms with Gasteiger partial charge in [-0.3, -0.25) is 4.79 Å². The van der Waals surface area contributed by atoms with Gasteiger partial charge in [0, 0.05) is 6.04 Å². The number of hydrogen-bond donors (Lipinski definition) is 1. The largest absolute Gasteiger partial charge is 0.368 e. The highest BCUT2D eigenvalue weighted by atomic mass is 19.2. The summed E-state index contributed by atoms with van der Waals surface area (Å²) in [5.41, 5.74) is 4.13. The van der Waals surface area contributed by atoms with Crippen LogP contribution in [0.5, 0.6) is 0 Å². The molecule has 0 unspecified atom stereocenters. The highest BCUT2D eigenvalue weighted by Crippen LogP contribution is 2.32. The summed E-state index contributed by atoms with van der Waals surface area (Å²) in [6.45, 7) is -0.513. The van der Waals surface area contributed by atoms with Crippen LogP contribution in [0, 0.1) is 23.5 Å². The first-order valence-electron chi connectivity index (χ1n) is 6.16. The van der Waals surface area contributed by atoms with Crippen molar-refractivity contribution in [1.29, 1.82) is 0 Å². The molecular formula is C12H13F4N3O. The lowest BCUT2D eigenvalue weighted by Gasteiger charge is -2.30. The number of amides is 1. The molecule has 0 atom stereocenters. The third-order valence-corrected chi connectivity index (χ3v) is 3.35. The normalized spacial score (nSPS) is 15.6. The second-order valence-corrected chi connectivity index (χ2v) is 4.70. The minimum atomic E-state index is -1.74. The summed E-state index contributed by atoms with van der Waals surface area (Å²) in [6, 6.07) is -0.382. The molecule has 0 aromatic carbocycles. The van der Waals surface area contributed by atoms with Crippen LogP contribution < -0.4 is 10.6 Å². The van der Waals surface area contributed by atoms with Gasteiger partial charge in [0.25, 0.3) is 11.9 Å². The number of carbonyl (C=O) groups is 1. The quantitative estimate of drug-likeness (QED) is 0.680. The summed E-state index contributed by atoms with van der Waals surface area (Å²) in [5.74, 6) is -7.56. The van der Waals surface area contributed by atoms with E-state index in [4.69, 9.17) is 5.73 Å². The molecule has 0 radical (unpaired) electrons. The van der Waals surface area contributed by atoms with Crippen molar-refractivity contribution in [2.45, 2.75) is 31.7 Å². The third-order valence-electron chi connectivity index (χ3n) is 3.35. The second kappa shape index (κ2) is 5.64. The number of hydrogen-bond acceptors (Lipinski definition) is 3. The van der Waals surface area contributed by atoms with E-state index in [0.717, 1.165) is 17.7 Å². The predicted octanol–water partition coefficient (Wildman–Crippen LogP) is 1.87. The average molecular weight is 291 g/mol. The molecule has 0 saturated heterocycles. The molecule has 0 spiro atoms. The van der Waals surface area contributed by atoms with E-state index in [-0.39, 0.29) is 6.04 Å². The number of nitrogens with two attached hydrogens (primary N) is 1. The molecule has 1 amide bonds. The summed E-state index contributed by atoms with van der Waals surface area (Å²) in [5, 5.41) is 0. The molecule has 1 aliphatic carbocycles. The molecule has 8 heteroatoms. The van der Waals surface area contributed by atoms with E-state index in [1.165, 1.54) is 0 Å². The minimum Gasteiger partial charge on any atom is -0.368 e. The van der Waals surface area contributed by atoms with Gasteiger partial charge in [0.1, 0.15) is 5.69 Å². The van der Waals surface area contributed by atoms with E-state index in [2.05, 4.69) is 4.98 Å². The first kappa shape index (κ1) is 14.5. The van der Waals surface area contributed by atoms with Gasteiger partial charge < -0.3 is 10.6 Å². The predicted molar refractivity (Wildman–Crippen MR) is 62.9 cm³/mol. The maximum Gasteiger partial charge on any atom is 0.253 e. The molecule has 1 aliphatic rings. The zero-order valence-electron chi connectivity index (χ0n) is 10.5. The first-order valence-corrected chi connectivity index (χ1v) is 6.16. The van der Waals surface area contributed by atoms with Gasteiger partial charge in [0.2, 0.25) is 17.5 Å². The molecule has 110 valence electrons. The van der Waals surface area contributed by atoms with Crippen LogP contribution in [0.15, 0.2) is 0 Å². The molecule has 2 rings (SSSR count). The van der Waals surface area contributed by atoms with Crippen LogP contribution in [0.25, 0.3) is 0 Å². The minimum absolute atomic E-state index is 0.382. The van der Waals surface area contributed by atoms with Gasteiger partial charge in [-0.25, -0.2) is 0 Å². The Hall–Kier alpha value is -1.86. The highest BCUT2D eigenvalue weighted by Gasteiger charge is 2.32. The highest BCUT2D eigenvalue weighted by molar-refractivity contribution is 5.79. The van der Waals surface area contributed by atoms with Gasteiger partial charge in [-0.05, 0) is 12.8 Å². The molecule has 0 aliphatic heterocycles. The summed E-state index contributed by atoms with van der Waals surface area (Å²) in [6.07, 6.45) is 2.74. The van der Waals surface area contributed by atoms with E-state index in [1.807, 2.05) is 0 Å². The summed E-state index contributed by atoms with van der Waals surface area (Å²) in [4.78, 5) is 14.6. The van der Waals surface area contributed by atoms with Crippen LogP contribution in [0.2, 0.25) is 0 Å². The topological polar surface area (TPSA) is 59.2 Å². The number of rotatable bonds is 4. The van der Waals surface area contributed by atoms with Crippen LogP contribution in [0.1, 0.15) is 25.7 Å². The van der Waals surface area contributed by atoms with E-state index < -0.39 is 41.7 Å². The fourth-order valence-electron chi connectivity index (χ4n) is 2.50. The van der Waals surface area contributed by atoms with Gasteiger partial charge >= 0.3 is 0 Å². The molecule has 1 fully saturated rings. The van der Waals surface area contributed by atoms with E-state index >= 15 is 0 Å². The number of halogens is 4. The summed E-state index contributed by atoms with van der Waals surface area (Å²) >= 11 is 0. The van der Waals surface area contributed by atoms with Crippen molar-refractivity contribution >= 4 is 11.6 Å². The summed E-state index contributed by atoms with van der Waals surface area (Å²) < 4.78 is 53.9. The Labute approximate surface area is 112 Å². The fourth-order valence-corrected chi connectivity index (χ4v) is 2.50. The van der Waals surface area contributed by atoms with Crippen molar-refractivity contribution in [3.05, 3.63) is 23.5 Å². The molecule has 1 aromatic heterocycles. The molecular weight excluding hydrogens is 278 g/mol. The smallest absolute Gasteiger partial charge is 0.253 e. The lowest BCUT2D eigenvalue weighted by Crippen LogP contribution is -2.41. The van der Waals surface area contributed by atoms with Crippen molar-refractivity contribution in [1.82, 2.24) is 4.98 Å². The van der Waals surface area contributed by atoms with Crippen molar-refractivity contribution in [3.63, 3.8) is 0 Å². The van der Waals surface area contributed by atoms with Crippen molar-refractivity contribution in [2.24, 2.45) is 5.73 Å². The zero-order chi connectivity index (χ0) is 14.9. The maximum absolute atomic E-state index is 13.8. The van der Waals surface area contributed by atoms with Crippen molar-refractivity contribution in [2.75, 3.05) is 11.4 Å². The number of anilines is 1. The molecule has 1 aromatic rings. The molecule has 4 nitrogen and oxygen atoms in total. The number of pyridine rings is 1.